The molecule has 4 heteroatoms. The molecule has 2 rings (SSSR count). The van der Waals surface area contributed by atoms with Gasteiger partial charge in [-0.1, -0.05) is 0 Å². The van der Waals surface area contributed by atoms with Crippen LogP contribution in [0, 0.1) is 0 Å². The van der Waals surface area contributed by atoms with Crippen molar-refractivity contribution >= 4 is 5.91 Å². The zero-order chi connectivity index (χ0) is 11.3. The fraction of sp³-hybridized carbons (Fsp3) is 0.909. The minimum atomic E-state index is -0.0530. The number of amides is 1. The Bertz CT molecular complexity index is 277. The van der Waals surface area contributed by atoms with Crippen molar-refractivity contribution in [2.45, 2.75) is 31.8 Å². The number of nitrogens with zero attached hydrogens (tertiary/aromatic N) is 2. The first-order chi connectivity index (χ1) is 6.85. The minimum Gasteiger partial charge on any atom is -0.369 e. The molecular weight excluding hydrogens is 192 g/mol. The molecule has 86 valence electrons. The van der Waals surface area contributed by atoms with Gasteiger partial charge in [-0.05, 0) is 20.8 Å². The quantitative estimate of drug-likeness (QED) is 0.580. The summed E-state index contributed by atoms with van der Waals surface area (Å²) in [4.78, 5) is 15.8. The largest absolute Gasteiger partial charge is 0.369 e. The van der Waals surface area contributed by atoms with Gasteiger partial charge < -0.3 is 9.64 Å². The maximum Gasteiger partial charge on any atom is 0.248 e. The van der Waals surface area contributed by atoms with Crippen LogP contribution in [-0.2, 0) is 9.53 Å². The highest BCUT2D eigenvalue weighted by atomic mass is 16.5. The third-order valence-corrected chi connectivity index (χ3v) is 3.60. The molecule has 0 saturated carbocycles. The Morgan fingerprint density at radius 1 is 1.33 bits per heavy atom. The Morgan fingerprint density at radius 2 is 1.93 bits per heavy atom. The van der Waals surface area contributed by atoms with Crippen LogP contribution in [-0.4, -0.2) is 60.1 Å². The summed E-state index contributed by atoms with van der Waals surface area (Å²) in [5, 5.41) is 0. The summed E-state index contributed by atoms with van der Waals surface area (Å²) in [6.07, 6.45) is 0. The average Bonchev–Trinajstić information content (AvgIpc) is 2.04. The van der Waals surface area contributed by atoms with Crippen LogP contribution in [0.25, 0.3) is 0 Å². The van der Waals surface area contributed by atoms with Gasteiger partial charge in [-0.2, -0.15) is 0 Å². The van der Waals surface area contributed by atoms with E-state index in [4.69, 9.17) is 4.74 Å². The maximum atomic E-state index is 11.5. The van der Waals surface area contributed by atoms with Crippen LogP contribution in [0.1, 0.15) is 20.8 Å². The molecule has 1 spiro atoms. The molecular formula is C11H20N2O2. The van der Waals surface area contributed by atoms with Crippen molar-refractivity contribution in [1.29, 1.82) is 0 Å². The van der Waals surface area contributed by atoms with Gasteiger partial charge in [0.15, 0.2) is 0 Å². The van der Waals surface area contributed by atoms with Gasteiger partial charge in [-0.25, -0.2) is 0 Å². The molecule has 0 aromatic carbocycles. The van der Waals surface area contributed by atoms with Crippen molar-refractivity contribution in [3.8, 4) is 0 Å². The minimum absolute atomic E-state index is 0.0530. The van der Waals surface area contributed by atoms with E-state index in [2.05, 4.69) is 25.7 Å². The number of hydrogen-bond acceptors (Lipinski definition) is 3. The maximum absolute atomic E-state index is 11.5. The lowest BCUT2D eigenvalue weighted by atomic mass is 9.83. The normalized spacial score (nSPS) is 26.9. The van der Waals surface area contributed by atoms with E-state index in [-0.39, 0.29) is 23.6 Å². The van der Waals surface area contributed by atoms with E-state index in [1.165, 1.54) is 0 Å². The molecule has 0 unspecified atom stereocenters. The van der Waals surface area contributed by atoms with E-state index < -0.39 is 0 Å². The highest BCUT2D eigenvalue weighted by Gasteiger charge is 2.52. The third kappa shape index (κ3) is 1.66. The van der Waals surface area contributed by atoms with Gasteiger partial charge in [0.2, 0.25) is 5.91 Å². The first kappa shape index (κ1) is 10.9. The van der Waals surface area contributed by atoms with Crippen LogP contribution in [0.15, 0.2) is 0 Å². The summed E-state index contributed by atoms with van der Waals surface area (Å²) < 4.78 is 5.35. The fourth-order valence-corrected chi connectivity index (χ4v) is 2.23. The lowest BCUT2D eigenvalue weighted by molar-refractivity contribution is -0.179. The number of morpholine rings is 1. The molecule has 15 heavy (non-hydrogen) atoms. The summed E-state index contributed by atoms with van der Waals surface area (Å²) >= 11 is 0. The fourth-order valence-electron chi connectivity index (χ4n) is 2.23. The van der Waals surface area contributed by atoms with Gasteiger partial charge in [-0.15, -0.1) is 0 Å². The second-order valence-corrected chi connectivity index (χ2v) is 5.70. The number of carbonyl (C=O) groups is 1. The van der Waals surface area contributed by atoms with E-state index in [9.17, 15) is 4.79 Å². The number of rotatable bonds is 0. The molecule has 0 radical (unpaired) electrons. The van der Waals surface area contributed by atoms with Crippen LogP contribution in [0.2, 0.25) is 0 Å². The molecule has 2 aliphatic heterocycles. The Hall–Kier alpha value is -0.610. The Balaban J connectivity index is 2.04. The summed E-state index contributed by atoms with van der Waals surface area (Å²) in [5.74, 6) is 0.106. The summed E-state index contributed by atoms with van der Waals surface area (Å²) in [6.45, 7) is 9.38. The van der Waals surface area contributed by atoms with Crippen LogP contribution in [0.3, 0.4) is 0 Å². The predicted molar refractivity (Wildman–Crippen MR) is 57.6 cm³/mol. The van der Waals surface area contributed by atoms with E-state index in [1.54, 1.807) is 0 Å². The molecule has 2 heterocycles. The smallest absolute Gasteiger partial charge is 0.248 e. The van der Waals surface area contributed by atoms with Crippen molar-refractivity contribution in [2.24, 2.45) is 0 Å². The molecule has 1 amide bonds. The van der Waals surface area contributed by atoms with E-state index in [1.807, 2.05) is 11.9 Å². The molecule has 0 N–H and O–H groups in total. The third-order valence-electron chi connectivity index (χ3n) is 3.60. The van der Waals surface area contributed by atoms with E-state index in [0.717, 1.165) is 13.1 Å². The second-order valence-electron chi connectivity index (χ2n) is 5.70. The zero-order valence-corrected chi connectivity index (χ0v) is 10.0. The lowest BCUT2D eigenvalue weighted by Gasteiger charge is -2.60. The molecule has 0 aliphatic carbocycles. The Labute approximate surface area is 91.2 Å². The highest BCUT2D eigenvalue weighted by molar-refractivity contribution is 5.79. The van der Waals surface area contributed by atoms with E-state index >= 15 is 0 Å². The summed E-state index contributed by atoms with van der Waals surface area (Å²) in [5.41, 5.74) is 0.134. The van der Waals surface area contributed by atoms with Gasteiger partial charge in [0, 0.05) is 25.7 Å². The van der Waals surface area contributed by atoms with Crippen molar-refractivity contribution in [3.63, 3.8) is 0 Å². The molecule has 2 fully saturated rings. The van der Waals surface area contributed by atoms with E-state index in [0.29, 0.717) is 6.61 Å². The van der Waals surface area contributed by atoms with Crippen LogP contribution >= 0.6 is 0 Å². The van der Waals surface area contributed by atoms with Gasteiger partial charge in [0.1, 0.15) is 6.61 Å². The number of hydrogen-bond donors (Lipinski definition) is 0. The Kier molecular flexibility index (Phi) is 2.32. The summed E-state index contributed by atoms with van der Waals surface area (Å²) in [6, 6.07) is 0. The zero-order valence-electron chi connectivity index (χ0n) is 10.0. The first-order valence-electron chi connectivity index (χ1n) is 5.45. The molecule has 4 nitrogen and oxygen atoms in total. The number of likely N-dealkylation sites (tertiary alicyclic amines) is 1. The highest BCUT2D eigenvalue weighted by Crippen LogP contribution is 2.34. The topological polar surface area (TPSA) is 32.8 Å². The summed E-state index contributed by atoms with van der Waals surface area (Å²) in [7, 11) is 1.89. The van der Waals surface area contributed by atoms with Gasteiger partial charge >= 0.3 is 0 Å². The van der Waals surface area contributed by atoms with Crippen molar-refractivity contribution in [3.05, 3.63) is 0 Å². The predicted octanol–water partition coefficient (Wildman–Crippen LogP) is 0.328. The van der Waals surface area contributed by atoms with Crippen LogP contribution in [0.4, 0.5) is 0 Å². The van der Waals surface area contributed by atoms with Gasteiger partial charge in [-0.3, -0.25) is 9.69 Å². The molecule has 0 atom stereocenters. The van der Waals surface area contributed by atoms with Crippen molar-refractivity contribution < 1.29 is 9.53 Å². The van der Waals surface area contributed by atoms with Crippen molar-refractivity contribution in [1.82, 2.24) is 9.80 Å². The molecule has 0 aromatic heterocycles. The van der Waals surface area contributed by atoms with Crippen molar-refractivity contribution in [2.75, 3.05) is 33.4 Å². The molecule has 0 bridgehead atoms. The lowest BCUT2D eigenvalue weighted by Crippen LogP contribution is -2.77. The molecule has 2 saturated heterocycles. The standard InChI is InChI=1S/C11H20N2O2/c1-10(2,3)13-6-11(7-13)8-15-5-9(14)12(11)4/h5-8H2,1-4H3. The monoisotopic (exact) mass is 212 g/mol. The number of likely N-dealkylation sites (N-methyl/N-ethyl adjacent to an activating group) is 1. The second kappa shape index (κ2) is 3.19. The van der Waals surface area contributed by atoms with Crippen LogP contribution < -0.4 is 0 Å². The Morgan fingerprint density at radius 3 is 2.47 bits per heavy atom. The molecule has 0 aromatic rings. The SMILES string of the molecule is CN1C(=O)COCC12CN(C(C)(C)C)C2. The first-order valence-corrected chi connectivity index (χ1v) is 5.45. The number of carbonyl (C=O) groups excluding carboxylic acids is 1. The average molecular weight is 212 g/mol. The number of ether oxygens (including phenoxy) is 1. The molecule has 2 aliphatic rings. The van der Waals surface area contributed by atoms with Crippen LogP contribution in [0.5, 0.6) is 0 Å². The van der Waals surface area contributed by atoms with Gasteiger partial charge in [0.25, 0.3) is 0 Å². The van der Waals surface area contributed by atoms with Gasteiger partial charge in [0.05, 0.1) is 12.1 Å².